The number of hydrogen-bond acceptors (Lipinski definition) is 4. The lowest BCUT2D eigenvalue weighted by molar-refractivity contribution is -0.113. The first kappa shape index (κ1) is 17.9. The maximum Gasteiger partial charge on any atom is 0.286 e. The van der Waals surface area contributed by atoms with Gasteiger partial charge in [0.25, 0.3) is 5.91 Å². The number of amidine groups is 1. The second kappa shape index (κ2) is 8.01. The predicted octanol–water partition coefficient (Wildman–Crippen LogP) is 4.64. The van der Waals surface area contributed by atoms with Crippen molar-refractivity contribution in [3.63, 3.8) is 0 Å². The Kier molecular flexibility index (Phi) is 5.30. The number of carbonyl (C=O) groups is 1. The zero-order valence-electron chi connectivity index (χ0n) is 15.4. The number of ether oxygens (including phenoxy) is 1. The first-order chi connectivity index (χ1) is 13.2. The van der Waals surface area contributed by atoms with Gasteiger partial charge in [-0.15, -0.1) is 0 Å². The van der Waals surface area contributed by atoms with Gasteiger partial charge in [0.15, 0.2) is 5.17 Å². The summed E-state index contributed by atoms with van der Waals surface area (Å²) in [5.74, 6) is 0.615. The average Bonchev–Trinajstić information content (AvgIpc) is 3.33. The number of rotatable bonds is 4. The molecule has 27 heavy (non-hydrogen) atoms. The third-order valence-electron chi connectivity index (χ3n) is 4.71. The van der Waals surface area contributed by atoms with Crippen LogP contribution in [0.15, 0.2) is 58.4 Å². The molecule has 0 spiro atoms. The van der Waals surface area contributed by atoms with E-state index in [2.05, 4.69) is 41.1 Å². The maximum absolute atomic E-state index is 12.3. The van der Waals surface area contributed by atoms with Crippen molar-refractivity contribution in [2.24, 2.45) is 4.99 Å². The van der Waals surface area contributed by atoms with Crippen LogP contribution in [-0.4, -0.2) is 29.1 Å². The smallest absolute Gasteiger partial charge is 0.286 e. The molecule has 1 saturated heterocycles. The van der Waals surface area contributed by atoms with Crippen molar-refractivity contribution in [1.29, 1.82) is 0 Å². The largest absolute Gasteiger partial charge is 0.488 e. The van der Waals surface area contributed by atoms with Gasteiger partial charge in [0.1, 0.15) is 12.4 Å². The van der Waals surface area contributed by atoms with Crippen LogP contribution in [0.2, 0.25) is 0 Å². The van der Waals surface area contributed by atoms with Gasteiger partial charge < -0.3 is 9.64 Å². The first-order valence-corrected chi connectivity index (χ1v) is 10.1. The van der Waals surface area contributed by atoms with E-state index in [-0.39, 0.29) is 5.91 Å². The second-order valence-electron chi connectivity index (χ2n) is 6.82. The highest BCUT2D eigenvalue weighted by atomic mass is 32.2. The fourth-order valence-corrected chi connectivity index (χ4v) is 4.12. The monoisotopic (exact) mass is 378 g/mol. The number of benzene rings is 2. The Labute approximate surface area is 163 Å². The molecule has 1 amide bonds. The van der Waals surface area contributed by atoms with Gasteiger partial charge in [-0.2, -0.15) is 4.99 Å². The van der Waals surface area contributed by atoms with Crippen molar-refractivity contribution in [3.8, 4) is 5.75 Å². The summed E-state index contributed by atoms with van der Waals surface area (Å²) in [5.41, 5.74) is 3.25. The summed E-state index contributed by atoms with van der Waals surface area (Å²) >= 11 is 1.47. The van der Waals surface area contributed by atoms with Crippen LogP contribution in [0.4, 0.5) is 0 Å². The molecule has 0 atom stereocenters. The molecule has 0 saturated carbocycles. The maximum atomic E-state index is 12.3. The molecule has 2 heterocycles. The van der Waals surface area contributed by atoms with Gasteiger partial charge in [-0.25, -0.2) is 0 Å². The van der Waals surface area contributed by atoms with Gasteiger partial charge in [-0.05, 0) is 49.2 Å². The Morgan fingerprint density at radius 3 is 2.63 bits per heavy atom. The quantitative estimate of drug-likeness (QED) is 0.727. The summed E-state index contributed by atoms with van der Waals surface area (Å²) < 4.78 is 6.02. The van der Waals surface area contributed by atoms with Crippen LogP contribution in [-0.2, 0) is 11.4 Å². The Morgan fingerprint density at radius 1 is 1.11 bits per heavy atom. The van der Waals surface area contributed by atoms with Crippen LogP contribution in [0.5, 0.6) is 5.75 Å². The molecule has 5 heteroatoms. The minimum absolute atomic E-state index is 0.157. The number of hydrogen-bond donors (Lipinski definition) is 0. The number of amides is 1. The zero-order chi connectivity index (χ0) is 18.6. The van der Waals surface area contributed by atoms with Crippen LogP contribution in [0.25, 0.3) is 6.08 Å². The zero-order valence-corrected chi connectivity index (χ0v) is 16.2. The second-order valence-corrected chi connectivity index (χ2v) is 7.83. The molecule has 2 aromatic carbocycles. The van der Waals surface area contributed by atoms with E-state index in [1.807, 2.05) is 30.3 Å². The Balaban J connectivity index is 1.48. The van der Waals surface area contributed by atoms with Crippen LogP contribution in [0.3, 0.4) is 0 Å². The fourth-order valence-electron chi connectivity index (χ4n) is 3.16. The van der Waals surface area contributed by atoms with E-state index >= 15 is 0 Å². The van der Waals surface area contributed by atoms with Crippen LogP contribution in [0, 0.1) is 6.92 Å². The Hall–Kier alpha value is -2.53. The van der Waals surface area contributed by atoms with Crippen LogP contribution < -0.4 is 4.74 Å². The fraction of sp³-hybridized carbons (Fsp3) is 0.273. The number of carbonyl (C=O) groups excluding carboxylic acids is 1. The molecule has 138 valence electrons. The first-order valence-electron chi connectivity index (χ1n) is 9.24. The van der Waals surface area contributed by atoms with Gasteiger partial charge >= 0.3 is 0 Å². The lowest BCUT2D eigenvalue weighted by atomic mass is 10.1. The van der Waals surface area contributed by atoms with Gasteiger partial charge in [-0.1, -0.05) is 48.0 Å². The molecule has 4 rings (SSSR count). The van der Waals surface area contributed by atoms with Crippen molar-refractivity contribution in [3.05, 3.63) is 70.1 Å². The highest BCUT2D eigenvalue weighted by Gasteiger charge is 2.27. The van der Waals surface area contributed by atoms with Crippen LogP contribution in [0.1, 0.15) is 29.5 Å². The minimum Gasteiger partial charge on any atom is -0.488 e. The molecule has 0 bridgehead atoms. The Bertz CT molecular complexity index is 897. The number of likely N-dealkylation sites (tertiary alicyclic amines) is 1. The molecule has 1 fully saturated rings. The summed E-state index contributed by atoms with van der Waals surface area (Å²) in [6, 6.07) is 16.1. The molecule has 2 aromatic rings. The molecule has 0 radical (unpaired) electrons. The minimum atomic E-state index is -0.157. The number of thioether (sulfide) groups is 1. The summed E-state index contributed by atoms with van der Waals surface area (Å²) in [4.78, 5) is 19.4. The lowest BCUT2D eigenvalue weighted by Crippen LogP contribution is -2.23. The molecule has 0 aromatic heterocycles. The molecule has 0 unspecified atom stereocenters. The van der Waals surface area contributed by atoms with Gasteiger partial charge in [0, 0.05) is 18.7 Å². The molecular weight excluding hydrogens is 356 g/mol. The van der Waals surface area contributed by atoms with Crippen LogP contribution >= 0.6 is 11.8 Å². The Morgan fingerprint density at radius 2 is 1.85 bits per heavy atom. The van der Waals surface area contributed by atoms with E-state index in [0.717, 1.165) is 35.1 Å². The van der Waals surface area contributed by atoms with E-state index < -0.39 is 0 Å². The van der Waals surface area contributed by atoms with E-state index in [4.69, 9.17) is 4.74 Å². The van der Waals surface area contributed by atoms with Gasteiger partial charge in [0.05, 0.1) is 4.91 Å². The third kappa shape index (κ3) is 4.25. The van der Waals surface area contributed by atoms with E-state index in [1.165, 1.54) is 30.2 Å². The highest BCUT2D eigenvalue weighted by molar-refractivity contribution is 8.18. The van der Waals surface area contributed by atoms with Crippen molar-refractivity contribution in [2.45, 2.75) is 26.4 Å². The summed E-state index contributed by atoms with van der Waals surface area (Å²) in [7, 11) is 0. The van der Waals surface area contributed by atoms with E-state index in [1.54, 1.807) is 0 Å². The molecule has 0 N–H and O–H groups in total. The molecule has 2 aliphatic heterocycles. The average molecular weight is 378 g/mol. The summed E-state index contributed by atoms with van der Waals surface area (Å²) in [5, 5.41) is 0.835. The number of aliphatic imine (C=N–C) groups is 1. The van der Waals surface area contributed by atoms with Crippen molar-refractivity contribution < 1.29 is 9.53 Å². The van der Waals surface area contributed by atoms with Gasteiger partial charge in [-0.3, -0.25) is 4.79 Å². The van der Waals surface area contributed by atoms with Crippen molar-refractivity contribution in [2.75, 3.05) is 13.1 Å². The third-order valence-corrected chi connectivity index (χ3v) is 5.75. The molecular formula is C22H22N2O2S. The predicted molar refractivity (Wildman–Crippen MR) is 111 cm³/mol. The number of para-hydroxylation sites is 1. The standard InChI is InChI=1S/C22H22N2O2S/c1-16-8-10-17(11-9-16)15-26-19-7-3-2-6-18(19)14-20-21(25)23-22(27-20)24-12-4-5-13-24/h2-3,6-11,14H,4-5,12-13,15H2,1H3/b20-14-. The summed E-state index contributed by atoms with van der Waals surface area (Å²) in [6.07, 6.45) is 4.23. The SMILES string of the molecule is Cc1ccc(COc2ccccc2/C=C2\SC(N3CCCC3)=NC2=O)cc1. The molecule has 0 aliphatic carbocycles. The normalized spacial score (nSPS) is 18.3. The van der Waals surface area contributed by atoms with Crippen molar-refractivity contribution in [1.82, 2.24) is 4.90 Å². The van der Waals surface area contributed by atoms with E-state index in [9.17, 15) is 4.79 Å². The number of aryl methyl sites for hydroxylation is 1. The lowest BCUT2D eigenvalue weighted by Gasteiger charge is -2.14. The topological polar surface area (TPSA) is 41.9 Å². The van der Waals surface area contributed by atoms with E-state index in [0.29, 0.717) is 11.5 Å². The van der Waals surface area contributed by atoms with Gasteiger partial charge in [0.2, 0.25) is 0 Å². The highest BCUT2D eigenvalue weighted by Crippen LogP contribution is 2.33. The molecule has 2 aliphatic rings. The summed E-state index contributed by atoms with van der Waals surface area (Å²) in [6.45, 7) is 4.54. The number of nitrogens with zero attached hydrogens (tertiary/aromatic N) is 2. The van der Waals surface area contributed by atoms with Crippen molar-refractivity contribution >= 4 is 28.9 Å². The molecule has 4 nitrogen and oxygen atoms in total.